The number of aryl methyl sites for hydroxylation is 1. The average molecular weight is 319 g/mol. The monoisotopic (exact) mass is 319 g/mol. The van der Waals surface area contributed by atoms with Gasteiger partial charge in [-0.15, -0.1) is 0 Å². The van der Waals surface area contributed by atoms with Gasteiger partial charge in [-0.1, -0.05) is 19.1 Å². The Morgan fingerprint density at radius 3 is 2.26 bits per heavy atom. The fourth-order valence-corrected chi connectivity index (χ4v) is 1.66. The van der Waals surface area contributed by atoms with Crippen LogP contribution in [0.1, 0.15) is 26.3 Å². The standard InChI is InChI=1S/C17H21NO5/c1-4-13-6-8-14(9-7-13)18-17(21)12(3)23-16(20)11-10-15(19)22-5-2/h6-12H,4-5H2,1-3H3,(H,18,21)/b11-10+/t12-/m1/s1. The van der Waals surface area contributed by atoms with Crippen LogP contribution in [-0.2, 0) is 30.3 Å². The Labute approximate surface area is 135 Å². The lowest BCUT2D eigenvalue weighted by Crippen LogP contribution is -2.29. The first-order chi connectivity index (χ1) is 11.0. The molecule has 0 aliphatic heterocycles. The largest absolute Gasteiger partial charge is 0.463 e. The zero-order valence-electron chi connectivity index (χ0n) is 13.5. The van der Waals surface area contributed by atoms with E-state index < -0.39 is 23.9 Å². The highest BCUT2D eigenvalue weighted by Gasteiger charge is 2.16. The Balaban J connectivity index is 2.49. The van der Waals surface area contributed by atoms with Crippen molar-refractivity contribution in [3.8, 4) is 0 Å². The van der Waals surface area contributed by atoms with Crippen molar-refractivity contribution in [3.63, 3.8) is 0 Å². The molecule has 0 aliphatic rings. The number of carbonyl (C=O) groups excluding carboxylic acids is 3. The van der Waals surface area contributed by atoms with Gasteiger partial charge in [-0.3, -0.25) is 4.79 Å². The lowest BCUT2D eigenvalue weighted by atomic mass is 10.1. The molecule has 1 amide bonds. The normalized spacial score (nSPS) is 11.8. The number of amides is 1. The van der Waals surface area contributed by atoms with Gasteiger partial charge in [0.1, 0.15) is 0 Å². The van der Waals surface area contributed by atoms with Gasteiger partial charge in [-0.05, 0) is 38.0 Å². The predicted octanol–water partition coefficient (Wildman–Crippen LogP) is 2.24. The van der Waals surface area contributed by atoms with E-state index in [0.717, 1.165) is 24.1 Å². The number of anilines is 1. The van der Waals surface area contributed by atoms with Gasteiger partial charge < -0.3 is 14.8 Å². The molecule has 0 fully saturated rings. The molecule has 124 valence electrons. The molecule has 1 rings (SSSR count). The van der Waals surface area contributed by atoms with Gasteiger partial charge in [-0.25, -0.2) is 9.59 Å². The van der Waals surface area contributed by atoms with Gasteiger partial charge in [0.15, 0.2) is 6.10 Å². The van der Waals surface area contributed by atoms with Gasteiger partial charge >= 0.3 is 11.9 Å². The van der Waals surface area contributed by atoms with Crippen molar-refractivity contribution in [1.82, 2.24) is 0 Å². The molecule has 0 aromatic heterocycles. The van der Waals surface area contributed by atoms with Crippen molar-refractivity contribution in [2.24, 2.45) is 0 Å². The van der Waals surface area contributed by atoms with Crippen molar-refractivity contribution in [1.29, 1.82) is 0 Å². The zero-order valence-corrected chi connectivity index (χ0v) is 13.5. The number of rotatable bonds is 7. The highest BCUT2D eigenvalue weighted by atomic mass is 16.5. The van der Waals surface area contributed by atoms with Crippen LogP contribution in [0.2, 0.25) is 0 Å². The summed E-state index contributed by atoms with van der Waals surface area (Å²) in [6.45, 7) is 5.36. The lowest BCUT2D eigenvalue weighted by molar-refractivity contribution is -0.148. The third-order valence-electron chi connectivity index (χ3n) is 2.93. The molecule has 6 nitrogen and oxygen atoms in total. The van der Waals surface area contributed by atoms with E-state index in [2.05, 4.69) is 10.1 Å². The maximum atomic E-state index is 11.9. The molecule has 0 saturated heterocycles. The van der Waals surface area contributed by atoms with Crippen LogP contribution in [-0.4, -0.2) is 30.6 Å². The van der Waals surface area contributed by atoms with Gasteiger partial charge in [0, 0.05) is 17.8 Å². The average Bonchev–Trinajstić information content (AvgIpc) is 2.54. The molecule has 0 aliphatic carbocycles. The first kappa shape index (κ1) is 18.4. The minimum atomic E-state index is -0.986. The predicted molar refractivity (Wildman–Crippen MR) is 85.8 cm³/mol. The summed E-state index contributed by atoms with van der Waals surface area (Å²) >= 11 is 0. The van der Waals surface area contributed by atoms with Crippen molar-refractivity contribution in [2.45, 2.75) is 33.3 Å². The van der Waals surface area contributed by atoms with E-state index >= 15 is 0 Å². The van der Waals surface area contributed by atoms with E-state index in [1.807, 2.05) is 19.1 Å². The maximum Gasteiger partial charge on any atom is 0.331 e. The molecule has 0 radical (unpaired) electrons. The van der Waals surface area contributed by atoms with E-state index in [1.165, 1.54) is 6.92 Å². The topological polar surface area (TPSA) is 81.7 Å². The SMILES string of the molecule is CCOC(=O)/C=C/C(=O)O[C@H](C)C(=O)Nc1ccc(CC)cc1. The first-order valence-corrected chi connectivity index (χ1v) is 7.41. The molecule has 23 heavy (non-hydrogen) atoms. The second-order valence-electron chi connectivity index (χ2n) is 4.70. The van der Waals surface area contributed by atoms with Crippen molar-refractivity contribution in [2.75, 3.05) is 11.9 Å². The fraction of sp³-hybridized carbons (Fsp3) is 0.353. The molecule has 1 atom stereocenters. The maximum absolute atomic E-state index is 11.9. The molecule has 1 aromatic rings. The van der Waals surface area contributed by atoms with Crippen LogP contribution in [0.15, 0.2) is 36.4 Å². The molecule has 0 unspecified atom stereocenters. The van der Waals surface area contributed by atoms with Gasteiger partial charge in [0.05, 0.1) is 6.61 Å². The van der Waals surface area contributed by atoms with Gasteiger partial charge in [-0.2, -0.15) is 0 Å². The summed E-state index contributed by atoms with van der Waals surface area (Å²) in [5, 5.41) is 2.65. The molecular formula is C17H21NO5. The third-order valence-corrected chi connectivity index (χ3v) is 2.93. The highest BCUT2D eigenvalue weighted by molar-refractivity contribution is 5.97. The fourth-order valence-electron chi connectivity index (χ4n) is 1.66. The van der Waals surface area contributed by atoms with E-state index in [0.29, 0.717) is 5.69 Å². The molecule has 0 heterocycles. The first-order valence-electron chi connectivity index (χ1n) is 7.41. The number of hydrogen-bond donors (Lipinski definition) is 1. The van der Waals surface area contributed by atoms with E-state index in [1.54, 1.807) is 19.1 Å². The number of carbonyl (C=O) groups is 3. The Kier molecular flexibility index (Phi) is 7.53. The summed E-state index contributed by atoms with van der Waals surface area (Å²) in [7, 11) is 0. The number of esters is 2. The number of nitrogens with one attached hydrogen (secondary N) is 1. The molecule has 0 bridgehead atoms. The van der Waals surface area contributed by atoms with Crippen LogP contribution < -0.4 is 5.32 Å². The number of ether oxygens (including phenoxy) is 2. The molecular weight excluding hydrogens is 298 g/mol. The minimum absolute atomic E-state index is 0.216. The van der Waals surface area contributed by atoms with E-state index in [-0.39, 0.29) is 6.61 Å². The third kappa shape index (κ3) is 6.78. The van der Waals surface area contributed by atoms with Gasteiger partial charge in [0.2, 0.25) is 0 Å². The molecule has 1 aromatic carbocycles. The summed E-state index contributed by atoms with van der Waals surface area (Å²) in [6.07, 6.45) is 1.81. The summed E-state index contributed by atoms with van der Waals surface area (Å²) in [6, 6.07) is 7.39. The quantitative estimate of drug-likeness (QED) is 0.615. The van der Waals surface area contributed by atoms with Crippen LogP contribution in [0.3, 0.4) is 0 Å². The molecule has 1 N–H and O–H groups in total. The van der Waals surface area contributed by atoms with Gasteiger partial charge in [0.25, 0.3) is 5.91 Å². The van der Waals surface area contributed by atoms with Crippen LogP contribution in [0, 0.1) is 0 Å². The smallest absolute Gasteiger partial charge is 0.331 e. The molecule has 0 saturated carbocycles. The summed E-state index contributed by atoms with van der Waals surface area (Å²) in [5.41, 5.74) is 1.78. The van der Waals surface area contributed by atoms with E-state index in [4.69, 9.17) is 4.74 Å². The number of hydrogen-bond acceptors (Lipinski definition) is 5. The van der Waals surface area contributed by atoms with Crippen LogP contribution in [0.4, 0.5) is 5.69 Å². The zero-order chi connectivity index (χ0) is 17.2. The highest BCUT2D eigenvalue weighted by Crippen LogP contribution is 2.10. The Morgan fingerprint density at radius 2 is 1.70 bits per heavy atom. The Bertz CT molecular complexity index is 577. The minimum Gasteiger partial charge on any atom is -0.463 e. The summed E-state index contributed by atoms with van der Waals surface area (Å²) in [4.78, 5) is 34.5. The van der Waals surface area contributed by atoms with Crippen LogP contribution in [0.5, 0.6) is 0 Å². The Morgan fingerprint density at radius 1 is 1.09 bits per heavy atom. The van der Waals surface area contributed by atoms with Crippen molar-refractivity contribution >= 4 is 23.5 Å². The lowest BCUT2D eigenvalue weighted by Gasteiger charge is -2.12. The van der Waals surface area contributed by atoms with Crippen molar-refractivity contribution in [3.05, 3.63) is 42.0 Å². The molecule has 0 spiro atoms. The summed E-state index contributed by atoms with van der Waals surface area (Å²) in [5.74, 6) is -1.88. The number of benzene rings is 1. The second kappa shape index (κ2) is 9.40. The van der Waals surface area contributed by atoms with E-state index in [9.17, 15) is 14.4 Å². The van der Waals surface area contributed by atoms with Crippen LogP contribution >= 0.6 is 0 Å². The summed E-state index contributed by atoms with van der Waals surface area (Å²) < 4.78 is 9.54. The van der Waals surface area contributed by atoms with Crippen LogP contribution in [0.25, 0.3) is 0 Å². The Hall–Kier alpha value is -2.63. The van der Waals surface area contributed by atoms with Crippen molar-refractivity contribution < 1.29 is 23.9 Å². The second-order valence-corrected chi connectivity index (χ2v) is 4.70. The molecule has 6 heteroatoms.